The van der Waals surface area contributed by atoms with Gasteiger partial charge in [0.1, 0.15) is 12.4 Å². The summed E-state index contributed by atoms with van der Waals surface area (Å²) in [6.45, 7) is 0.334. The first-order valence-corrected chi connectivity index (χ1v) is 7.65. The number of aromatic nitrogens is 1. The molecular weight excluding hydrogens is 328 g/mol. The standard InChI is InChI=1S/C18H15ClN2O3/c1-23-21-18(22)14-9-13-15(19)7-8-20-16(13)10-17(14)24-11-12-5-3-2-4-6-12/h2-10H,11H2,1H3,(H,21,22). The van der Waals surface area contributed by atoms with Gasteiger partial charge in [0.2, 0.25) is 0 Å². The highest BCUT2D eigenvalue weighted by molar-refractivity contribution is 6.35. The summed E-state index contributed by atoms with van der Waals surface area (Å²) >= 11 is 6.19. The molecule has 0 saturated heterocycles. The lowest BCUT2D eigenvalue weighted by molar-refractivity contribution is 0.0534. The van der Waals surface area contributed by atoms with E-state index in [0.29, 0.717) is 33.8 Å². The number of pyridine rings is 1. The SMILES string of the molecule is CONC(=O)c1cc2c(Cl)ccnc2cc1OCc1ccccc1. The molecule has 3 rings (SSSR count). The molecule has 0 spiro atoms. The van der Waals surface area contributed by atoms with Crippen LogP contribution in [0.3, 0.4) is 0 Å². The van der Waals surface area contributed by atoms with Gasteiger partial charge >= 0.3 is 0 Å². The van der Waals surface area contributed by atoms with E-state index >= 15 is 0 Å². The third kappa shape index (κ3) is 3.48. The van der Waals surface area contributed by atoms with E-state index in [9.17, 15) is 4.79 Å². The first-order chi connectivity index (χ1) is 11.7. The molecule has 0 aliphatic rings. The Balaban J connectivity index is 2.00. The fourth-order valence-electron chi connectivity index (χ4n) is 2.32. The van der Waals surface area contributed by atoms with Crippen molar-refractivity contribution in [3.8, 4) is 5.75 Å². The number of fused-ring (bicyclic) bond motifs is 1. The minimum atomic E-state index is -0.414. The summed E-state index contributed by atoms with van der Waals surface area (Å²) in [5, 5.41) is 1.19. The summed E-state index contributed by atoms with van der Waals surface area (Å²) in [5.74, 6) is -0.00180. The maximum absolute atomic E-state index is 12.3. The molecule has 0 aliphatic carbocycles. The fourth-order valence-corrected chi connectivity index (χ4v) is 2.53. The van der Waals surface area contributed by atoms with Crippen LogP contribution in [0.4, 0.5) is 0 Å². The van der Waals surface area contributed by atoms with Gasteiger partial charge in [0.15, 0.2) is 0 Å². The molecule has 6 heteroatoms. The minimum absolute atomic E-state index is 0.329. The average Bonchev–Trinajstić information content (AvgIpc) is 2.60. The maximum atomic E-state index is 12.3. The summed E-state index contributed by atoms with van der Waals surface area (Å²) in [6, 6.07) is 14.7. The second kappa shape index (κ2) is 7.29. The topological polar surface area (TPSA) is 60.5 Å². The molecule has 0 fully saturated rings. The highest BCUT2D eigenvalue weighted by Crippen LogP contribution is 2.29. The monoisotopic (exact) mass is 342 g/mol. The molecule has 3 aromatic rings. The van der Waals surface area contributed by atoms with Crippen LogP contribution in [0.25, 0.3) is 10.9 Å². The van der Waals surface area contributed by atoms with Gasteiger partial charge in [-0.15, -0.1) is 0 Å². The van der Waals surface area contributed by atoms with Gasteiger partial charge in [0.05, 0.1) is 23.2 Å². The highest BCUT2D eigenvalue weighted by Gasteiger charge is 2.16. The fraction of sp³-hybridized carbons (Fsp3) is 0.111. The Bertz CT molecular complexity index is 869. The van der Waals surface area contributed by atoms with Crippen LogP contribution in [0.5, 0.6) is 5.75 Å². The molecule has 1 heterocycles. The number of ether oxygens (including phenoxy) is 1. The zero-order valence-corrected chi connectivity index (χ0v) is 13.7. The lowest BCUT2D eigenvalue weighted by Crippen LogP contribution is -2.22. The molecule has 0 bridgehead atoms. The van der Waals surface area contributed by atoms with Gasteiger partial charge in [0.25, 0.3) is 5.91 Å². The first-order valence-electron chi connectivity index (χ1n) is 7.27. The van der Waals surface area contributed by atoms with Crippen molar-refractivity contribution in [1.29, 1.82) is 0 Å². The summed E-state index contributed by atoms with van der Waals surface area (Å²) in [7, 11) is 1.37. The first kappa shape index (κ1) is 16.2. The van der Waals surface area contributed by atoms with Crippen LogP contribution in [0.1, 0.15) is 15.9 Å². The van der Waals surface area contributed by atoms with E-state index in [1.807, 2.05) is 30.3 Å². The van der Waals surface area contributed by atoms with Crippen molar-refractivity contribution in [2.45, 2.75) is 6.61 Å². The molecule has 0 saturated carbocycles. The van der Waals surface area contributed by atoms with Gasteiger partial charge in [-0.25, -0.2) is 5.48 Å². The Labute approximate surface area is 144 Å². The van der Waals surface area contributed by atoms with Crippen molar-refractivity contribution in [2.24, 2.45) is 0 Å². The zero-order valence-electron chi connectivity index (χ0n) is 13.0. The maximum Gasteiger partial charge on any atom is 0.278 e. The Kier molecular flexibility index (Phi) is 4.93. The van der Waals surface area contributed by atoms with Crippen molar-refractivity contribution in [3.05, 3.63) is 70.9 Å². The van der Waals surface area contributed by atoms with E-state index in [4.69, 9.17) is 21.2 Å². The lowest BCUT2D eigenvalue weighted by atomic mass is 10.1. The molecule has 1 aromatic heterocycles. The molecular formula is C18H15ClN2O3. The summed E-state index contributed by atoms with van der Waals surface area (Å²) in [5.41, 5.74) is 4.28. The Morgan fingerprint density at radius 2 is 2.00 bits per heavy atom. The van der Waals surface area contributed by atoms with Crippen molar-refractivity contribution in [1.82, 2.24) is 10.5 Å². The van der Waals surface area contributed by atoms with Crippen LogP contribution in [0.2, 0.25) is 5.02 Å². The molecule has 1 amide bonds. The largest absolute Gasteiger partial charge is 0.488 e. The van der Waals surface area contributed by atoms with Crippen LogP contribution in [-0.4, -0.2) is 18.0 Å². The van der Waals surface area contributed by atoms with Crippen molar-refractivity contribution in [2.75, 3.05) is 7.11 Å². The van der Waals surface area contributed by atoms with Gasteiger partial charge < -0.3 is 4.74 Å². The molecule has 0 atom stereocenters. The number of hydrogen-bond donors (Lipinski definition) is 1. The van der Waals surface area contributed by atoms with Crippen LogP contribution < -0.4 is 10.2 Å². The third-order valence-electron chi connectivity index (χ3n) is 3.47. The van der Waals surface area contributed by atoms with Gasteiger partial charge in [0, 0.05) is 17.6 Å². The van der Waals surface area contributed by atoms with Crippen LogP contribution >= 0.6 is 11.6 Å². The second-order valence-electron chi connectivity index (χ2n) is 5.07. The van der Waals surface area contributed by atoms with Gasteiger partial charge in [-0.05, 0) is 17.7 Å². The minimum Gasteiger partial charge on any atom is -0.488 e. The van der Waals surface area contributed by atoms with E-state index < -0.39 is 5.91 Å². The molecule has 0 unspecified atom stereocenters. The van der Waals surface area contributed by atoms with E-state index in [0.717, 1.165) is 5.56 Å². The van der Waals surface area contributed by atoms with Crippen molar-refractivity contribution < 1.29 is 14.4 Å². The molecule has 2 aromatic carbocycles. The van der Waals surface area contributed by atoms with Crippen LogP contribution in [0, 0.1) is 0 Å². The lowest BCUT2D eigenvalue weighted by Gasteiger charge is -2.13. The molecule has 5 nitrogen and oxygen atoms in total. The second-order valence-corrected chi connectivity index (χ2v) is 5.48. The van der Waals surface area contributed by atoms with Gasteiger partial charge in [-0.1, -0.05) is 41.9 Å². The average molecular weight is 343 g/mol. The van der Waals surface area contributed by atoms with Crippen LogP contribution in [0.15, 0.2) is 54.7 Å². The van der Waals surface area contributed by atoms with E-state index in [-0.39, 0.29) is 0 Å². The van der Waals surface area contributed by atoms with E-state index in [1.54, 1.807) is 24.4 Å². The quantitative estimate of drug-likeness (QED) is 0.717. The zero-order chi connectivity index (χ0) is 16.9. The third-order valence-corrected chi connectivity index (χ3v) is 3.80. The number of benzene rings is 2. The number of amides is 1. The molecule has 1 N–H and O–H groups in total. The predicted octanol–water partition coefficient (Wildman–Crippen LogP) is 3.76. The number of nitrogens with zero attached hydrogens (tertiary/aromatic N) is 1. The van der Waals surface area contributed by atoms with Crippen LogP contribution in [-0.2, 0) is 11.4 Å². The molecule has 122 valence electrons. The van der Waals surface area contributed by atoms with Crippen molar-refractivity contribution in [3.63, 3.8) is 0 Å². The molecule has 0 aliphatic heterocycles. The molecule has 24 heavy (non-hydrogen) atoms. The summed E-state index contributed by atoms with van der Waals surface area (Å²) in [4.78, 5) is 21.2. The Morgan fingerprint density at radius 1 is 1.21 bits per heavy atom. The summed E-state index contributed by atoms with van der Waals surface area (Å²) in [6.07, 6.45) is 1.61. The van der Waals surface area contributed by atoms with E-state index in [1.165, 1.54) is 7.11 Å². The smallest absolute Gasteiger partial charge is 0.278 e. The summed E-state index contributed by atoms with van der Waals surface area (Å²) < 4.78 is 5.84. The van der Waals surface area contributed by atoms with Gasteiger partial charge in [-0.3, -0.25) is 14.6 Å². The van der Waals surface area contributed by atoms with E-state index in [2.05, 4.69) is 10.5 Å². The Morgan fingerprint density at radius 3 is 2.75 bits per heavy atom. The normalized spacial score (nSPS) is 10.6. The number of hydroxylamine groups is 1. The number of hydrogen-bond acceptors (Lipinski definition) is 4. The molecule has 0 radical (unpaired) electrons. The number of carbonyl (C=O) groups excluding carboxylic acids is 1. The van der Waals surface area contributed by atoms with Gasteiger partial charge in [-0.2, -0.15) is 0 Å². The Hall–Kier alpha value is -2.63. The predicted molar refractivity (Wildman–Crippen MR) is 92.0 cm³/mol. The number of nitrogens with one attached hydrogen (secondary N) is 1. The highest BCUT2D eigenvalue weighted by atomic mass is 35.5. The number of halogens is 1. The van der Waals surface area contributed by atoms with Crippen molar-refractivity contribution >= 4 is 28.4 Å². The number of carbonyl (C=O) groups is 1. The number of rotatable bonds is 5.